The Hall–Kier alpha value is -3.62. The average molecular weight is 436 g/mol. The molecule has 0 unspecified atom stereocenters. The number of nitrogens with one attached hydrogen (secondary N) is 1. The highest BCUT2D eigenvalue weighted by atomic mass is 19.1. The second-order valence-electron chi connectivity index (χ2n) is 8.22. The van der Waals surface area contributed by atoms with Gasteiger partial charge < -0.3 is 5.32 Å². The molecule has 0 atom stereocenters. The number of rotatable bonds is 6. The predicted octanol–water partition coefficient (Wildman–Crippen LogP) is 3.26. The van der Waals surface area contributed by atoms with E-state index < -0.39 is 12.2 Å². The Balaban J connectivity index is 1.77. The van der Waals surface area contributed by atoms with Crippen molar-refractivity contribution in [2.24, 2.45) is 0 Å². The molecule has 3 aromatic rings. The van der Waals surface area contributed by atoms with Crippen LogP contribution < -0.4 is 10.2 Å². The van der Waals surface area contributed by atoms with E-state index in [-0.39, 0.29) is 18.4 Å². The van der Waals surface area contributed by atoms with E-state index in [9.17, 15) is 14.0 Å². The Morgan fingerprint density at radius 2 is 2.00 bits per heavy atom. The van der Waals surface area contributed by atoms with Crippen molar-refractivity contribution in [3.8, 4) is 11.3 Å². The van der Waals surface area contributed by atoms with Gasteiger partial charge in [-0.3, -0.25) is 24.2 Å². The van der Waals surface area contributed by atoms with Gasteiger partial charge in [-0.1, -0.05) is 0 Å². The normalized spacial score (nSPS) is 14.5. The molecule has 0 saturated heterocycles. The topological polar surface area (TPSA) is 93.0 Å². The van der Waals surface area contributed by atoms with E-state index in [2.05, 4.69) is 15.4 Å². The number of hydrogen-bond donors (Lipinski definition) is 1. The molecule has 4 heterocycles. The van der Waals surface area contributed by atoms with Gasteiger partial charge in [0.05, 0.1) is 46.5 Å². The zero-order chi connectivity index (χ0) is 23.0. The lowest BCUT2D eigenvalue weighted by atomic mass is 9.96. The van der Waals surface area contributed by atoms with E-state index in [0.29, 0.717) is 40.3 Å². The van der Waals surface area contributed by atoms with Gasteiger partial charge in [0.15, 0.2) is 0 Å². The highest BCUT2D eigenvalue weighted by molar-refractivity contribution is 6.12. The molecule has 0 fully saturated rings. The number of hydrogen-bond acceptors (Lipinski definition) is 5. The van der Waals surface area contributed by atoms with Gasteiger partial charge >= 0.3 is 0 Å². The van der Waals surface area contributed by atoms with Crippen LogP contribution in [-0.2, 0) is 12.1 Å². The van der Waals surface area contributed by atoms with Gasteiger partial charge in [0.2, 0.25) is 0 Å². The standard InChI is InChI=1S/C23H25FN6O2/c1-5-26-21(31)16-9-15(10-25-11-16)18-8-14(2)19-20(28-18)23(3,4)30(22(19)32)17-12-27-29(13-17)7-6-24/h8-13H,5-7H2,1-4H3,(H,26,31). The van der Waals surface area contributed by atoms with Crippen LogP contribution in [0, 0.1) is 6.92 Å². The van der Waals surface area contributed by atoms with Crippen LogP contribution in [0.1, 0.15) is 52.7 Å². The van der Waals surface area contributed by atoms with E-state index >= 15 is 0 Å². The Morgan fingerprint density at radius 1 is 1.22 bits per heavy atom. The molecule has 8 nitrogen and oxygen atoms in total. The SMILES string of the molecule is CCNC(=O)c1cncc(-c2cc(C)c3c(n2)C(C)(C)N(c2cnn(CCF)c2)C3=O)c1. The maximum atomic E-state index is 13.4. The summed E-state index contributed by atoms with van der Waals surface area (Å²) in [5.41, 5.74) is 3.58. The molecule has 0 saturated carbocycles. The molecule has 3 aromatic heterocycles. The van der Waals surface area contributed by atoms with Gasteiger partial charge in [-0.25, -0.2) is 9.37 Å². The Morgan fingerprint density at radius 3 is 2.72 bits per heavy atom. The number of carbonyl (C=O) groups is 2. The van der Waals surface area contributed by atoms with E-state index in [1.54, 1.807) is 29.6 Å². The second-order valence-corrected chi connectivity index (χ2v) is 8.22. The molecular formula is C23H25FN6O2. The monoisotopic (exact) mass is 436 g/mol. The van der Waals surface area contributed by atoms with Crippen LogP contribution in [0.2, 0.25) is 0 Å². The fraction of sp³-hybridized carbons (Fsp3) is 0.348. The molecule has 0 aromatic carbocycles. The number of halogens is 1. The van der Waals surface area contributed by atoms with E-state index in [0.717, 1.165) is 5.56 Å². The molecule has 4 rings (SSSR count). The third kappa shape index (κ3) is 3.53. The number of aromatic nitrogens is 4. The highest BCUT2D eigenvalue weighted by Crippen LogP contribution is 2.42. The van der Waals surface area contributed by atoms with Crippen molar-refractivity contribution in [2.75, 3.05) is 18.1 Å². The number of anilines is 1. The first-order chi connectivity index (χ1) is 15.3. The summed E-state index contributed by atoms with van der Waals surface area (Å²) in [5, 5.41) is 6.92. The second kappa shape index (κ2) is 8.14. The number of carbonyl (C=O) groups excluding carboxylic acids is 2. The first-order valence-electron chi connectivity index (χ1n) is 10.5. The molecule has 166 valence electrons. The summed E-state index contributed by atoms with van der Waals surface area (Å²) in [6, 6.07) is 3.58. The van der Waals surface area contributed by atoms with Gasteiger partial charge in [-0.05, 0) is 45.4 Å². The first kappa shape index (κ1) is 21.6. The maximum absolute atomic E-state index is 13.4. The van der Waals surface area contributed by atoms with Gasteiger partial charge in [0.25, 0.3) is 11.8 Å². The minimum atomic E-state index is -0.749. The maximum Gasteiger partial charge on any atom is 0.261 e. The van der Waals surface area contributed by atoms with Crippen LogP contribution in [0.25, 0.3) is 11.3 Å². The number of pyridine rings is 2. The predicted molar refractivity (Wildman–Crippen MR) is 118 cm³/mol. The van der Waals surface area contributed by atoms with Gasteiger partial charge in [-0.2, -0.15) is 5.10 Å². The molecule has 0 radical (unpaired) electrons. The van der Waals surface area contributed by atoms with Crippen molar-refractivity contribution < 1.29 is 14.0 Å². The number of fused-ring (bicyclic) bond motifs is 1. The summed E-state index contributed by atoms with van der Waals surface area (Å²) in [4.78, 5) is 36.3. The Kier molecular flexibility index (Phi) is 5.50. The lowest BCUT2D eigenvalue weighted by molar-refractivity contribution is 0.0953. The zero-order valence-corrected chi connectivity index (χ0v) is 18.5. The molecule has 32 heavy (non-hydrogen) atoms. The van der Waals surface area contributed by atoms with Crippen LogP contribution >= 0.6 is 0 Å². The van der Waals surface area contributed by atoms with E-state index in [1.807, 2.05) is 33.8 Å². The highest BCUT2D eigenvalue weighted by Gasteiger charge is 2.47. The summed E-state index contributed by atoms with van der Waals surface area (Å²) in [6.07, 6.45) is 6.40. The Labute approximate surface area is 185 Å². The third-order valence-electron chi connectivity index (χ3n) is 5.60. The lowest BCUT2D eigenvalue weighted by Crippen LogP contribution is -2.39. The van der Waals surface area contributed by atoms with E-state index in [1.165, 1.54) is 10.9 Å². The molecule has 2 amide bonds. The van der Waals surface area contributed by atoms with Crippen molar-refractivity contribution in [1.29, 1.82) is 0 Å². The first-order valence-corrected chi connectivity index (χ1v) is 10.5. The molecule has 1 aliphatic heterocycles. The van der Waals surface area contributed by atoms with Crippen molar-refractivity contribution in [3.63, 3.8) is 0 Å². The average Bonchev–Trinajstić information content (AvgIpc) is 3.28. The molecule has 0 bridgehead atoms. The van der Waals surface area contributed by atoms with Crippen LogP contribution in [0.5, 0.6) is 0 Å². The summed E-state index contributed by atoms with van der Waals surface area (Å²) >= 11 is 0. The van der Waals surface area contributed by atoms with E-state index in [4.69, 9.17) is 4.98 Å². The molecule has 9 heteroatoms. The lowest BCUT2D eigenvalue weighted by Gasteiger charge is -2.30. The third-order valence-corrected chi connectivity index (χ3v) is 5.60. The smallest absolute Gasteiger partial charge is 0.261 e. The van der Waals surface area contributed by atoms with Gasteiger partial charge in [0, 0.05) is 30.7 Å². The van der Waals surface area contributed by atoms with Crippen LogP contribution in [0.15, 0.2) is 36.9 Å². The molecular weight excluding hydrogens is 411 g/mol. The fourth-order valence-electron chi connectivity index (χ4n) is 4.09. The van der Waals surface area contributed by atoms with Crippen LogP contribution in [-0.4, -0.2) is 44.8 Å². The summed E-state index contributed by atoms with van der Waals surface area (Å²) in [7, 11) is 0. The molecule has 0 spiro atoms. The Bertz CT molecular complexity index is 1200. The van der Waals surface area contributed by atoms with Crippen molar-refractivity contribution in [2.45, 2.75) is 39.8 Å². The fourth-order valence-corrected chi connectivity index (χ4v) is 4.09. The van der Waals surface area contributed by atoms with Crippen molar-refractivity contribution >= 4 is 17.5 Å². The summed E-state index contributed by atoms with van der Waals surface area (Å²) in [6.45, 7) is 7.68. The van der Waals surface area contributed by atoms with Crippen molar-refractivity contribution in [3.05, 3.63) is 59.3 Å². The quantitative estimate of drug-likeness (QED) is 0.640. The summed E-state index contributed by atoms with van der Waals surface area (Å²) < 4.78 is 14.2. The number of amides is 2. The van der Waals surface area contributed by atoms with Crippen LogP contribution in [0.4, 0.5) is 10.1 Å². The minimum absolute atomic E-state index is 0.131. The molecule has 0 aliphatic carbocycles. The van der Waals surface area contributed by atoms with Gasteiger partial charge in [0.1, 0.15) is 6.67 Å². The number of aryl methyl sites for hydroxylation is 2. The number of nitrogens with zero attached hydrogens (tertiary/aromatic N) is 5. The largest absolute Gasteiger partial charge is 0.352 e. The zero-order valence-electron chi connectivity index (χ0n) is 18.5. The van der Waals surface area contributed by atoms with Crippen LogP contribution in [0.3, 0.4) is 0 Å². The molecule has 1 N–H and O–H groups in total. The summed E-state index contributed by atoms with van der Waals surface area (Å²) in [5.74, 6) is -0.373. The minimum Gasteiger partial charge on any atom is -0.352 e. The van der Waals surface area contributed by atoms with Crippen molar-refractivity contribution in [1.82, 2.24) is 25.1 Å². The number of alkyl halides is 1. The van der Waals surface area contributed by atoms with Gasteiger partial charge in [-0.15, -0.1) is 0 Å². The molecule has 1 aliphatic rings.